The first-order chi connectivity index (χ1) is 36.9. The number of hydrogen-bond acceptors (Lipinski definition) is 12. The van der Waals surface area contributed by atoms with Gasteiger partial charge in [-0.05, 0) is 176 Å². The van der Waals surface area contributed by atoms with Crippen LogP contribution in [0.2, 0.25) is 0 Å². The monoisotopic (exact) mass is 1190 g/mol. The van der Waals surface area contributed by atoms with E-state index in [1.165, 1.54) is 49.6 Å². The first-order valence-electron chi connectivity index (χ1n) is 26.1. The molecule has 7 rings (SSSR count). The molecule has 1 aliphatic rings. The molecule has 0 aromatic heterocycles. The van der Waals surface area contributed by atoms with E-state index in [4.69, 9.17) is 23.5 Å². The molecule has 0 amide bonds. The molecular weight excluding hydrogens is 1110 g/mol. The van der Waals surface area contributed by atoms with Gasteiger partial charge < -0.3 is 24.2 Å². The molecule has 424 valence electrons. The number of carbonyl (C=O) groups excluding carboxylic acids is 2. The fourth-order valence-corrected chi connectivity index (χ4v) is 12.0. The average Bonchev–Trinajstić information content (AvgIpc) is 3.46. The first-order valence-corrected chi connectivity index (χ1v) is 30.7. The fraction of sp³-hybridized carbons (Fsp3) is 0.377. The van der Waals surface area contributed by atoms with Gasteiger partial charge >= 0.3 is 41.5 Å². The van der Waals surface area contributed by atoms with E-state index in [-0.39, 0.29) is 106 Å². The Labute approximate surface area is 508 Å². The summed E-state index contributed by atoms with van der Waals surface area (Å²) in [5.74, 6) is 0.749. The molecule has 6 aromatic rings. The summed E-state index contributed by atoms with van der Waals surface area (Å²) in [5, 5.41) is 12.5. The molecule has 12 nitrogen and oxygen atoms in total. The number of halogens is 1. The van der Waals surface area contributed by atoms with Crippen molar-refractivity contribution in [2.24, 2.45) is 0 Å². The maximum atomic E-state index is 12.1. The quantitative estimate of drug-likeness (QED) is 0.0130. The van der Waals surface area contributed by atoms with Crippen LogP contribution in [0.4, 0.5) is 0 Å². The van der Waals surface area contributed by atoms with Crippen LogP contribution in [0.25, 0.3) is 0 Å². The summed E-state index contributed by atoms with van der Waals surface area (Å²) in [6.07, 6.45) is 8.50. The molecule has 0 aliphatic heterocycles. The predicted molar refractivity (Wildman–Crippen MR) is 315 cm³/mol. The Bertz CT molecular complexity index is 2600. The minimum atomic E-state index is -3.85. The zero-order chi connectivity index (χ0) is 56.1. The molecule has 1 aliphatic carbocycles. The molecule has 0 spiro atoms. The second-order valence-electron chi connectivity index (χ2n) is 19.0. The molecule has 0 unspecified atom stereocenters. The molecule has 0 atom stereocenters. The van der Waals surface area contributed by atoms with E-state index in [1.54, 1.807) is 6.92 Å². The van der Waals surface area contributed by atoms with E-state index in [0.717, 1.165) is 57.0 Å². The summed E-state index contributed by atoms with van der Waals surface area (Å²) in [6, 6.07) is 58.1. The van der Waals surface area contributed by atoms with Gasteiger partial charge in [0.15, 0.2) is 42.6 Å². The molecular formula is C61H78ClNaO12S4+2. The first kappa shape index (κ1) is 71.1. The van der Waals surface area contributed by atoms with Crippen molar-refractivity contribution in [1.29, 1.82) is 0 Å². The van der Waals surface area contributed by atoms with Gasteiger partial charge in [0.1, 0.15) is 23.7 Å². The van der Waals surface area contributed by atoms with Crippen LogP contribution < -0.4 is 44.3 Å². The second-order valence-corrected chi connectivity index (χ2v) is 26.5. The van der Waals surface area contributed by atoms with E-state index in [2.05, 4.69) is 131 Å². The van der Waals surface area contributed by atoms with Crippen molar-refractivity contribution in [3.05, 3.63) is 170 Å². The van der Waals surface area contributed by atoms with Crippen LogP contribution in [-0.4, -0.2) is 59.8 Å². The number of benzene rings is 6. The van der Waals surface area contributed by atoms with Crippen molar-refractivity contribution in [2.45, 2.75) is 164 Å². The van der Waals surface area contributed by atoms with Crippen LogP contribution in [0.15, 0.2) is 199 Å². The minimum absolute atomic E-state index is 0. The molecule has 6 aromatic carbocycles. The Morgan fingerprint density at radius 3 is 1.24 bits per heavy atom. The Balaban J connectivity index is 0.000000406. The molecule has 0 bridgehead atoms. The van der Waals surface area contributed by atoms with Gasteiger partial charge in [0.2, 0.25) is 0 Å². The van der Waals surface area contributed by atoms with Gasteiger partial charge in [-0.15, -0.1) is 12.4 Å². The van der Waals surface area contributed by atoms with Crippen LogP contribution >= 0.6 is 24.4 Å². The maximum absolute atomic E-state index is 12.1. The Hall–Kier alpha value is -4.01. The molecule has 1 N–H and O–H groups in total. The molecule has 1 fully saturated rings. The average molecular weight is 1190 g/mol. The standard InChI is InChI=1S/C26H27O3S.C25H27O3S.2C5H12O3S.ClH.Na/c27-26(29-22-10-4-1-5-11-22)20-28-21-16-18-25(19-17-21)30(23-12-6-2-7-13-23)24-14-8-3-9-15-24;1-3-20(4-2)28-25(26)19-27-21-15-17-24(18-16-21)29(22-11-7-5-8-12-22)23-13-9-6-10-14-23;1-4-5(2,3)9(6,7)8;1-4-5(2,3)9-8-7-6;;/h2-3,6-9,12-19,22H,1,4-5,10-11,20H2;5-18,20H,3-4,19H2,1-2H3;4H2,1-3H3,(H,6,7,8);6H,4H2,1-3H3;1H;/q2*+1;;;;+1/p-1. The van der Waals surface area contributed by atoms with Crippen LogP contribution in [-0.2, 0) is 60.3 Å². The summed E-state index contributed by atoms with van der Waals surface area (Å²) < 4.78 is 54.7. The van der Waals surface area contributed by atoms with Gasteiger partial charge in [-0.3, -0.25) is 9.59 Å². The van der Waals surface area contributed by atoms with Crippen LogP contribution in [0.1, 0.15) is 113 Å². The Morgan fingerprint density at radius 1 is 0.582 bits per heavy atom. The summed E-state index contributed by atoms with van der Waals surface area (Å²) in [5.41, 5.74) is 0. The third kappa shape index (κ3) is 25.8. The van der Waals surface area contributed by atoms with Gasteiger partial charge in [-0.2, -0.15) is 12.8 Å². The number of esters is 2. The molecule has 0 radical (unpaired) electrons. The van der Waals surface area contributed by atoms with Crippen molar-refractivity contribution in [1.82, 2.24) is 0 Å². The second kappa shape index (κ2) is 37.9. The topological polar surface area (TPSA) is 167 Å². The van der Waals surface area contributed by atoms with E-state index in [1.807, 2.05) is 83.1 Å². The molecule has 18 heteroatoms. The molecule has 0 heterocycles. The van der Waals surface area contributed by atoms with Crippen LogP contribution in [0.5, 0.6) is 11.5 Å². The molecule has 79 heavy (non-hydrogen) atoms. The largest absolute Gasteiger partial charge is 1.00 e. The van der Waals surface area contributed by atoms with Crippen molar-refractivity contribution in [3.63, 3.8) is 0 Å². The minimum Gasteiger partial charge on any atom is -0.691 e. The number of hydrogen-bond donors (Lipinski definition) is 1. The van der Waals surface area contributed by atoms with Crippen molar-refractivity contribution in [3.8, 4) is 11.5 Å². The normalized spacial score (nSPS) is 12.4. The van der Waals surface area contributed by atoms with Crippen molar-refractivity contribution in [2.75, 3.05) is 13.2 Å². The van der Waals surface area contributed by atoms with Gasteiger partial charge in [-0.1, -0.05) is 107 Å². The third-order valence-corrected chi connectivity index (χ3v) is 19.5. The number of rotatable bonds is 22. The van der Waals surface area contributed by atoms with E-state index in [9.17, 15) is 23.3 Å². The van der Waals surface area contributed by atoms with Crippen LogP contribution in [0, 0.1) is 0 Å². The number of carbonyl (C=O) groups is 2. The summed E-state index contributed by atoms with van der Waals surface area (Å²) in [4.78, 5) is 31.5. The summed E-state index contributed by atoms with van der Waals surface area (Å²) >= 11 is 1.04. The Morgan fingerprint density at radius 2 is 0.937 bits per heavy atom. The maximum Gasteiger partial charge on any atom is 1.00 e. The SMILES string of the molecule is CCC(C)(C)S(=O)(=O)O.CCC(C)(C)SOO[O-].CCC(CC)OC(=O)COc1ccc([S+](c2ccccc2)c2ccccc2)cc1.Cl.O=C(COc1ccc([S+](c2ccccc2)c2ccccc2)cc1)OC1CCCCC1.[Na+]. The zero-order valence-electron chi connectivity index (χ0n) is 47.1. The van der Waals surface area contributed by atoms with Gasteiger partial charge in [0.05, 0.1) is 26.5 Å². The van der Waals surface area contributed by atoms with Gasteiger partial charge in [0, 0.05) is 16.8 Å². The van der Waals surface area contributed by atoms with Gasteiger partial charge in [-0.25, -0.2) is 9.59 Å². The molecule has 0 saturated heterocycles. The van der Waals surface area contributed by atoms with E-state index >= 15 is 0 Å². The van der Waals surface area contributed by atoms with Crippen LogP contribution in [0.3, 0.4) is 0 Å². The van der Waals surface area contributed by atoms with Crippen molar-refractivity contribution >= 4 is 68.3 Å². The third-order valence-electron chi connectivity index (χ3n) is 12.5. The Kier molecular flexibility index (Phi) is 34.1. The van der Waals surface area contributed by atoms with Crippen molar-refractivity contribution < 1.29 is 85.7 Å². The summed E-state index contributed by atoms with van der Waals surface area (Å²) in [6.45, 7) is 14.6. The zero-order valence-corrected chi connectivity index (χ0v) is 53.2. The van der Waals surface area contributed by atoms with E-state index in [0.29, 0.717) is 17.9 Å². The fourth-order valence-electron chi connectivity index (χ4n) is 7.10. The van der Waals surface area contributed by atoms with Gasteiger partial charge in [0.25, 0.3) is 10.1 Å². The molecule has 1 saturated carbocycles. The summed E-state index contributed by atoms with van der Waals surface area (Å²) in [7, 11) is -4.23. The predicted octanol–water partition coefficient (Wildman–Crippen LogP) is 11.5. The smallest absolute Gasteiger partial charge is 0.691 e. The van der Waals surface area contributed by atoms with E-state index < -0.39 is 14.9 Å². The number of ether oxygens (including phenoxy) is 4.